The van der Waals surface area contributed by atoms with Crippen molar-refractivity contribution in [1.82, 2.24) is 10.9 Å². The van der Waals surface area contributed by atoms with Crippen molar-refractivity contribution in [3.05, 3.63) is 42.0 Å². The maximum atomic E-state index is 11.5. The number of ether oxygens (including phenoxy) is 1. The maximum Gasteiger partial charge on any atom is 0.328 e. The van der Waals surface area contributed by atoms with Gasteiger partial charge in [0.05, 0.1) is 0 Å². The molecule has 7 heteroatoms. The Morgan fingerprint density at radius 1 is 1.09 bits per heavy atom. The van der Waals surface area contributed by atoms with E-state index in [0.717, 1.165) is 11.6 Å². The summed E-state index contributed by atoms with van der Waals surface area (Å²) in [5.74, 6) is -2.05. The van der Waals surface area contributed by atoms with E-state index in [1.807, 2.05) is 17.6 Å². The van der Waals surface area contributed by atoms with Crippen molar-refractivity contribution in [1.29, 1.82) is 0 Å². The van der Waals surface area contributed by atoms with E-state index in [9.17, 15) is 14.4 Å². The van der Waals surface area contributed by atoms with E-state index in [0.29, 0.717) is 11.8 Å². The SMILES string of the molecule is CC(C)(C)c1ccc(OCC(=O)NNC(=O)/C=C/C(=O)O)cc1. The smallest absolute Gasteiger partial charge is 0.328 e. The van der Waals surface area contributed by atoms with Crippen LogP contribution in [-0.4, -0.2) is 29.5 Å². The Kier molecular flexibility index (Phi) is 6.32. The molecular formula is C16H20N2O5. The highest BCUT2D eigenvalue weighted by Crippen LogP contribution is 2.24. The standard InChI is InChI=1S/C16H20N2O5/c1-16(2,3)11-4-6-12(7-5-11)23-10-14(20)18-17-13(19)8-9-15(21)22/h4-9H,10H2,1-3H3,(H,17,19)(H,18,20)(H,21,22)/b9-8+. The highest BCUT2D eigenvalue weighted by molar-refractivity contribution is 5.94. The fourth-order valence-electron chi connectivity index (χ4n) is 1.56. The summed E-state index contributed by atoms with van der Waals surface area (Å²) in [6.07, 6.45) is 1.45. The van der Waals surface area contributed by atoms with Gasteiger partial charge in [0.1, 0.15) is 5.75 Å². The van der Waals surface area contributed by atoms with Crippen molar-refractivity contribution in [3.8, 4) is 5.75 Å². The van der Waals surface area contributed by atoms with Gasteiger partial charge in [-0.1, -0.05) is 32.9 Å². The van der Waals surface area contributed by atoms with Crippen molar-refractivity contribution in [3.63, 3.8) is 0 Å². The zero-order chi connectivity index (χ0) is 17.5. The highest BCUT2D eigenvalue weighted by atomic mass is 16.5. The number of amides is 2. The molecule has 1 rings (SSSR count). The fraction of sp³-hybridized carbons (Fsp3) is 0.312. The second kappa shape index (κ2) is 7.98. The Hall–Kier alpha value is -2.83. The van der Waals surface area contributed by atoms with E-state index >= 15 is 0 Å². The lowest BCUT2D eigenvalue weighted by atomic mass is 9.87. The number of carbonyl (C=O) groups excluding carboxylic acids is 2. The molecule has 0 fully saturated rings. The van der Waals surface area contributed by atoms with Crippen molar-refractivity contribution in [2.24, 2.45) is 0 Å². The Labute approximate surface area is 134 Å². The molecule has 0 heterocycles. The van der Waals surface area contributed by atoms with Gasteiger partial charge < -0.3 is 9.84 Å². The Balaban J connectivity index is 2.39. The molecule has 0 saturated carbocycles. The number of carbonyl (C=O) groups is 3. The van der Waals surface area contributed by atoms with E-state index in [2.05, 4.69) is 26.2 Å². The third-order valence-corrected chi connectivity index (χ3v) is 2.79. The molecular weight excluding hydrogens is 300 g/mol. The zero-order valence-electron chi connectivity index (χ0n) is 13.3. The Morgan fingerprint density at radius 2 is 1.70 bits per heavy atom. The van der Waals surface area contributed by atoms with Crippen LogP contribution in [0.5, 0.6) is 5.75 Å². The second-order valence-corrected chi connectivity index (χ2v) is 5.77. The van der Waals surface area contributed by atoms with E-state index in [1.165, 1.54) is 0 Å². The first-order valence-electron chi connectivity index (χ1n) is 6.91. The van der Waals surface area contributed by atoms with Gasteiger partial charge in [0.15, 0.2) is 6.61 Å². The molecule has 0 aliphatic carbocycles. The van der Waals surface area contributed by atoms with Crippen LogP contribution in [0.3, 0.4) is 0 Å². The lowest BCUT2D eigenvalue weighted by molar-refractivity contribution is -0.131. The van der Waals surface area contributed by atoms with Crippen LogP contribution in [0.1, 0.15) is 26.3 Å². The molecule has 3 N–H and O–H groups in total. The van der Waals surface area contributed by atoms with Crippen LogP contribution < -0.4 is 15.6 Å². The summed E-state index contributed by atoms with van der Waals surface area (Å²) < 4.78 is 5.29. The molecule has 1 aromatic carbocycles. The average Bonchev–Trinajstić information content (AvgIpc) is 2.48. The molecule has 1 aromatic rings. The minimum atomic E-state index is -1.26. The first-order valence-corrected chi connectivity index (χ1v) is 6.91. The van der Waals surface area contributed by atoms with E-state index < -0.39 is 17.8 Å². The van der Waals surface area contributed by atoms with Crippen LogP contribution in [0.4, 0.5) is 0 Å². The number of carboxylic acids is 1. The normalized spacial score (nSPS) is 11.1. The van der Waals surface area contributed by atoms with Crippen LogP contribution in [0.25, 0.3) is 0 Å². The topological polar surface area (TPSA) is 105 Å². The number of hydrogen-bond donors (Lipinski definition) is 3. The maximum absolute atomic E-state index is 11.5. The van der Waals surface area contributed by atoms with Gasteiger partial charge in [-0.05, 0) is 23.1 Å². The molecule has 0 radical (unpaired) electrons. The van der Waals surface area contributed by atoms with Crippen LogP contribution in [0.15, 0.2) is 36.4 Å². The average molecular weight is 320 g/mol. The Bertz CT molecular complexity index is 600. The highest BCUT2D eigenvalue weighted by Gasteiger charge is 2.13. The van der Waals surface area contributed by atoms with Gasteiger partial charge in [-0.25, -0.2) is 4.79 Å². The van der Waals surface area contributed by atoms with Crippen molar-refractivity contribution < 1.29 is 24.2 Å². The molecule has 2 amide bonds. The van der Waals surface area contributed by atoms with Gasteiger partial charge in [-0.3, -0.25) is 20.4 Å². The summed E-state index contributed by atoms with van der Waals surface area (Å²) in [6, 6.07) is 7.38. The summed E-state index contributed by atoms with van der Waals surface area (Å²) in [4.78, 5) is 32.8. The number of nitrogens with one attached hydrogen (secondary N) is 2. The van der Waals surface area contributed by atoms with E-state index in [1.54, 1.807) is 12.1 Å². The summed E-state index contributed by atoms with van der Waals surface area (Å²) in [5, 5.41) is 8.35. The molecule has 124 valence electrons. The molecule has 0 atom stereocenters. The number of hydrogen-bond acceptors (Lipinski definition) is 4. The third-order valence-electron chi connectivity index (χ3n) is 2.79. The summed E-state index contributed by atoms with van der Waals surface area (Å²) in [7, 11) is 0. The predicted molar refractivity (Wildman–Crippen MR) is 83.7 cm³/mol. The summed E-state index contributed by atoms with van der Waals surface area (Å²) in [5.41, 5.74) is 5.32. The van der Waals surface area contributed by atoms with Gasteiger partial charge >= 0.3 is 5.97 Å². The van der Waals surface area contributed by atoms with Crippen LogP contribution in [-0.2, 0) is 19.8 Å². The summed E-state index contributed by atoms with van der Waals surface area (Å²) >= 11 is 0. The molecule has 0 aliphatic heterocycles. The van der Waals surface area contributed by atoms with Gasteiger partial charge in [0.25, 0.3) is 11.8 Å². The van der Waals surface area contributed by atoms with Crippen molar-refractivity contribution >= 4 is 17.8 Å². The van der Waals surface area contributed by atoms with Crippen LogP contribution in [0, 0.1) is 0 Å². The second-order valence-electron chi connectivity index (χ2n) is 5.77. The summed E-state index contributed by atoms with van der Waals surface area (Å²) in [6.45, 7) is 6.01. The minimum absolute atomic E-state index is 0.0314. The molecule has 0 saturated heterocycles. The van der Waals surface area contributed by atoms with Crippen LogP contribution in [0.2, 0.25) is 0 Å². The lowest BCUT2D eigenvalue weighted by Crippen LogP contribution is -2.43. The number of hydrazine groups is 1. The molecule has 0 aliphatic rings. The number of benzene rings is 1. The monoisotopic (exact) mass is 320 g/mol. The zero-order valence-corrected chi connectivity index (χ0v) is 13.3. The van der Waals surface area contributed by atoms with Crippen molar-refractivity contribution in [2.75, 3.05) is 6.61 Å². The van der Waals surface area contributed by atoms with Gasteiger partial charge in [0.2, 0.25) is 0 Å². The molecule has 0 bridgehead atoms. The number of carboxylic acid groups (broad SMARTS) is 1. The van der Waals surface area contributed by atoms with Crippen molar-refractivity contribution in [2.45, 2.75) is 26.2 Å². The van der Waals surface area contributed by atoms with E-state index in [4.69, 9.17) is 9.84 Å². The van der Waals surface area contributed by atoms with Crippen LogP contribution >= 0.6 is 0 Å². The van der Waals surface area contributed by atoms with Gasteiger partial charge in [-0.15, -0.1) is 0 Å². The fourth-order valence-corrected chi connectivity index (χ4v) is 1.56. The quantitative estimate of drug-likeness (QED) is 0.557. The first-order chi connectivity index (χ1) is 10.7. The molecule has 0 aromatic heterocycles. The lowest BCUT2D eigenvalue weighted by Gasteiger charge is -2.19. The molecule has 7 nitrogen and oxygen atoms in total. The first kappa shape index (κ1) is 18.2. The van der Waals surface area contributed by atoms with Gasteiger partial charge in [0, 0.05) is 12.2 Å². The molecule has 0 spiro atoms. The molecule has 23 heavy (non-hydrogen) atoms. The van der Waals surface area contributed by atoms with Gasteiger partial charge in [-0.2, -0.15) is 0 Å². The largest absolute Gasteiger partial charge is 0.484 e. The minimum Gasteiger partial charge on any atom is -0.484 e. The number of aliphatic carboxylic acids is 1. The Morgan fingerprint density at radius 3 is 2.22 bits per heavy atom. The predicted octanol–water partition coefficient (Wildman–Crippen LogP) is 1.15. The van der Waals surface area contributed by atoms with E-state index in [-0.39, 0.29) is 12.0 Å². The third kappa shape index (κ3) is 7.12. The number of rotatable bonds is 5. The molecule has 0 unspecified atom stereocenters.